The van der Waals surface area contributed by atoms with Crippen molar-refractivity contribution in [1.29, 1.82) is 0 Å². The normalized spacial score (nSPS) is 17.8. The molecule has 2 atom stereocenters. The van der Waals surface area contributed by atoms with Crippen molar-refractivity contribution in [1.82, 2.24) is 24.6 Å². The Morgan fingerprint density at radius 3 is 2.64 bits per heavy atom. The van der Waals surface area contributed by atoms with Crippen LogP contribution in [0.25, 0.3) is 22.3 Å². The van der Waals surface area contributed by atoms with Crippen molar-refractivity contribution in [3.05, 3.63) is 72.7 Å². The molecule has 4 aromatic rings. The Bertz CT molecular complexity index is 1550. The number of aliphatic imine (C=N–C) groups is 1. The summed E-state index contributed by atoms with van der Waals surface area (Å²) in [6.45, 7) is 1.16. The number of rotatable bonds is 7. The minimum atomic E-state index is -0.621. The molecule has 2 aliphatic heterocycles. The molecular formula is C29H30N8O2. The fraction of sp³-hybridized carbons (Fsp3) is 0.276. The summed E-state index contributed by atoms with van der Waals surface area (Å²) in [6, 6.07) is 16.6. The third-order valence-electron chi connectivity index (χ3n) is 7.14. The quantitative estimate of drug-likeness (QED) is 0.373. The second-order valence-electron chi connectivity index (χ2n) is 9.82. The highest BCUT2D eigenvalue weighted by Gasteiger charge is 2.31. The van der Waals surface area contributed by atoms with Gasteiger partial charge >= 0.3 is 0 Å². The summed E-state index contributed by atoms with van der Waals surface area (Å²) < 4.78 is 7.84. The number of nitrogen functional groups attached to an aromatic ring is 1. The molecule has 39 heavy (non-hydrogen) atoms. The highest BCUT2D eigenvalue weighted by atomic mass is 16.5. The molecular weight excluding hydrogens is 492 g/mol. The first kappa shape index (κ1) is 24.7. The Hall–Kier alpha value is -4.57. The molecule has 0 radical (unpaired) electrons. The number of allylic oxidation sites excluding steroid dienone is 1. The molecule has 4 N–H and O–H groups in total. The van der Waals surface area contributed by atoms with Crippen molar-refractivity contribution in [2.45, 2.75) is 37.8 Å². The van der Waals surface area contributed by atoms with Crippen molar-refractivity contribution in [2.24, 2.45) is 10.7 Å². The van der Waals surface area contributed by atoms with E-state index in [9.17, 15) is 4.79 Å². The Kier molecular flexibility index (Phi) is 6.76. The molecule has 1 fully saturated rings. The lowest BCUT2D eigenvalue weighted by atomic mass is 10.0. The number of hydrogen-bond donors (Lipinski definition) is 2. The van der Waals surface area contributed by atoms with Gasteiger partial charge < -0.3 is 21.1 Å². The molecule has 0 spiro atoms. The third kappa shape index (κ3) is 5.10. The molecule has 0 saturated carbocycles. The van der Waals surface area contributed by atoms with Crippen LogP contribution in [0.15, 0.2) is 77.7 Å². The standard InChI is InChI=1S/C29H30N8O2/c30-24(16-20-6-4-14-32-20)29(38)36-15-5-7-21(17-36)37-28-25(27(31)33-18-34-28)26(35-37)19-10-12-23(13-11-19)39-22-8-2-1-3-9-22/h1-3,6,8-14,18,21,24H,4-5,7,15-17,30H2,(H2,31,33,34)/t21-,24-/m1/s1. The van der Waals surface area contributed by atoms with Gasteiger partial charge in [-0.2, -0.15) is 5.10 Å². The molecule has 1 saturated heterocycles. The van der Waals surface area contributed by atoms with E-state index in [4.69, 9.17) is 21.3 Å². The lowest BCUT2D eigenvalue weighted by molar-refractivity contribution is -0.134. The molecule has 1 amide bonds. The van der Waals surface area contributed by atoms with Gasteiger partial charge in [-0.1, -0.05) is 24.3 Å². The average molecular weight is 523 g/mol. The van der Waals surface area contributed by atoms with Gasteiger partial charge in [-0.05, 0) is 49.2 Å². The number of piperidine rings is 1. The lowest BCUT2D eigenvalue weighted by Gasteiger charge is -2.34. The number of aromatic nitrogens is 4. The molecule has 10 heteroatoms. The predicted octanol–water partition coefficient (Wildman–Crippen LogP) is 4.11. The van der Waals surface area contributed by atoms with Crippen molar-refractivity contribution in [2.75, 3.05) is 18.8 Å². The zero-order valence-corrected chi connectivity index (χ0v) is 21.5. The van der Waals surface area contributed by atoms with E-state index in [0.717, 1.165) is 42.0 Å². The van der Waals surface area contributed by atoms with Gasteiger partial charge in [-0.25, -0.2) is 14.6 Å². The van der Waals surface area contributed by atoms with Crippen molar-refractivity contribution >= 4 is 29.0 Å². The zero-order chi connectivity index (χ0) is 26.8. The first-order chi connectivity index (χ1) is 19.1. The van der Waals surface area contributed by atoms with Gasteiger partial charge in [0.2, 0.25) is 5.91 Å². The van der Waals surface area contributed by atoms with Crippen molar-refractivity contribution in [3.63, 3.8) is 0 Å². The number of nitrogens with zero attached hydrogens (tertiary/aromatic N) is 6. The van der Waals surface area contributed by atoms with Gasteiger partial charge in [0.05, 0.1) is 17.5 Å². The number of carbonyl (C=O) groups excluding carboxylic acids is 1. The van der Waals surface area contributed by atoms with Gasteiger partial charge in [-0.15, -0.1) is 0 Å². The van der Waals surface area contributed by atoms with Gasteiger partial charge in [0, 0.05) is 43.4 Å². The molecule has 0 unspecified atom stereocenters. The number of amides is 1. The molecule has 2 aliphatic rings. The van der Waals surface area contributed by atoms with Crippen LogP contribution in [0.4, 0.5) is 5.82 Å². The summed E-state index contributed by atoms with van der Waals surface area (Å²) in [5, 5.41) is 5.67. The SMILES string of the molecule is Nc1ncnc2c1c(-c1ccc(Oc3ccccc3)cc1)nn2[C@@H]1CCCN(C(=O)[C@H](N)CC2=CCC=N2)C1. The summed E-state index contributed by atoms with van der Waals surface area (Å²) >= 11 is 0. The van der Waals surface area contributed by atoms with E-state index in [1.165, 1.54) is 6.33 Å². The van der Waals surface area contributed by atoms with Crippen LogP contribution in [0.1, 0.15) is 31.7 Å². The molecule has 6 rings (SSSR count). The van der Waals surface area contributed by atoms with Crippen molar-refractivity contribution in [3.8, 4) is 22.8 Å². The number of carbonyl (C=O) groups is 1. The fourth-order valence-electron chi connectivity index (χ4n) is 5.21. The number of nitrogens with two attached hydrogens (primary N) is 2. The Balaban J connectivity index is 1.26. The van der Waals surface area contributed by atoms with Gasteiger partial charge in [0.25, 0.3) is 0 Å². The second kappa shape index (κ2) is 10.7. The Morgan fingerprint density at radius 1 is 1.08 bits per heavy atom. The summed E-state index contributed by atoms with van der Waals surface area (Å²) in [4.78, 5) is 28.1. The van der Waals surface area contributed by atoms with E-state index in [2.05, 4.69) is 15.0 Å². The van der Waals surface area contributed by atoms with E-state index in [1.54, 1.807) is 0 Å². The molecule has 198 valence electrons. The maximum atomic E-state index is 13.2. The number of likely N-dealkylation sites (tertiary alicyclic amines) is 1. The number of ether oxygens (including phenoxy) is 1. The van der Waals surface area contributed by atoms with Crippen LogP contribution in [-0.2, 0) is 4.79 Å². The van der Waals surface area contributed by atoms with Gasteiger partial charge in [-0.3, -0.25) is 9.79 Å². The number of anilines is 1. The van der Waals surface area contributed by atoms with Crippen LogP contribution >= 0.6 is 0 Å². The highest BCUT2D eigenvalue weighted by molar-refractivity contribution is 5.98. The predicted molar refractivity (Wildman–Crippen MR) is 150 cm³/mol. The second-order valence-corrected chi connectivity index (χ2v) is 9.82. The van der Waals surface area contributed by atoms with Gasteiger partial charge in [0.1, 0.15) is 29.3 Å². The highest BCUT2D eigenvalue weighted by Crippen LogP contribution is 2.35. The van der Waals surface area contributed by atoms with Crippen molar-refractivity contribution < 1.29 is 9.53 Å². The summed E-state index contributed by atoms with van der Waals surface area (Å²) in [6.07, 6.45) is 8.23. The average Bonchev–Trinajstić information content (AvgIpc) is 3.62. The van der Waals surface area contributed by atoms with Crippen LogP contribution in [0, 0.1) is 0 Å². The molecule has 4 heterocycles. The summed E-state index contributed by atoms with van der Waals surface area (Å²) in [5.74, 6) is 1.78. The Morgan fingerprint density at radius 2 is 1.87 bits per heavy atom. The number of hydrogen-bond acceptors (Lipinski definition) is 8. The minimum Gasteiger partial charge on any atom is -0.457 e. The topological polar surface area (TPSA) is 138 Å². The number of para-hydroxylation sites is 1. The molecule has 0 bridgehead atoms. The molecule has 10 nitrogen and oxygen atoms in total. The Labute approximate surface area is 226 Å². The lowest BCUT2D eigenvalue weighted by Crippen LogP contribution is -2.48. The van der Waals surface area contributed by atoms with Crippen LogP contribution in [0.3, 0.4) is 0 Å². The van der Waals surface area contributed by atoms with Crippen LogP contribution < -0.4 is 16.2 Å². The maximum absolute atomic E-state index is 13.2. The van der Waals surface area contributed by atoms with Crippen LogP contribution in [-0.4, -0.2) is 55.9 Å². The first-order valence-corrected chi connectivity index (χ1v) is 13.1. The monoisotopic (exact) mass is 522 g/mol. The van der Waals surface area contributed by atoms with E-state index in [-0.39, 0.29) is 11.9 Å². The zero-order valence-electron chi connectivity index (χ0n) is 21.5. The number of benzene rings is 2. The maximum Gasteiger partial charge on any atom is 0.239 e. The van der Waals surface area contributed by atoms with Crippen LogP contribution in [0.2, 0.25) is 0 Å². The fourth-order valence-corrected chi connectivity index (χ4v) is 5.21. The molecule has 0 aliphatic carbocycles. The first-order valence-electron chi connectivity index (χ1n) is 13.1. The van der Waals surface area contributed by atoms with E-state index in [1.807, 2.05) is 76.5 Å². The molecule has 2 aromatic heterocycles. The third-order valence-corrected chi connectivity index (χ3v) is 7.14. The number of fused-ring (bicyclic) bond motifs is 1. The largest absolute Gasteiger partial charge is 0.457 e. The van der Waals surface area contributed by atoms with Gasteiger partial charge in [0.15, 0.2) is 5.65 Å². The van der Waals surface area contributed by atoms with E-state index < -0.39 is 6.04 Å². The minimum absolute atomic E-state index is 0.0649. The molecule has 2 aromatic carbocycles. The van der Waals surface area contributed by atoms with E-state index >= 15 is 0 Å². The summed E-state index contributed by atoms with van der Waals surface area (Å²) in [7, 11) is 0. The smallest absolute Gasteiger partial charge is 0.239 e. The van der Waals surface area contributed by atoms with E-state index in [0.29, 0.717) is 42.1 Å². The van der Waals surface area contributed by atoms with Crippen LogP contribution in [0.5, 0.6) is 11.5 Å². The summed E-state index contributed by atoms with van der Waals surface area (Å²) in [5.41, 5.74) is 15.7.